The van der Waals surface area contributed by atoms with Crippen molar-refractivity contribution in [1.29, 1.82) is 5.26 Å². The lowest BCUT2D eigenvalue weighted by Gasteiger charge is -2.36. The van der Waals surface area contributed by atoms with Gasteiger partial charge in [-0.15, -0.1) is 10.2 Å². The van der Waals surface area contributed by atoms with Gasteiger partial charge in [-0.3, -0.25) is 10.1 Å². The zero-order valence-corrected chi connectivity index (χ0v) is 24.7. The zero-order chi connectivity index (χ0) is 33.4. The average molecular weight is 647 g/mol. The number of fused-ring (bicyclic) bond motifs is 5. The second kappa shape index (κ2) is 12.5. The van der Waals surface area contributed by atoms with Gasteiger partial charge in [-0.25, -0.2) is 9.78 Å². The van der Waals surface area contributed by atoms with Crippen molar-refractivity contribution in [2.75, 3.05) is 11.9 Å². The maximum absolute atomic E-state index is 14.5. The fourth-order valence-corrected chi connectivity index (χ4v) is 5.36. The van der Waals surface area contributed by atoms with Crippen molar-refractivity contribution in [2.24, 2.45) is 5.92 Å². The molecule has 2 amide bonds. The Balaban J connectivity index is 1.92. The highest BCUT2D eigenvalue weighted by atomic mass is 19.4. The smallest absolute Gasteiger partial charge is 0.426 e. The Morgan fingerprint density at radius 3 is 2.33 bits per heavy atom. The molecule has 0 radical (unpaired) electrons. The Hall–Kier alpha value is -3.94. The molecule has 2 aromatic heterocycles. The van der Waals surface area contributed by atoms with Gasteiger partial charge in [-0.2, -0.15) is 31.6 Å². The van der Waals surface area contributed by atoms with Gasteiger partial charge in [0.15, 0.2) is 5.69 Å². The van der Waals surface area contributed by atoms with E-state index in [0.717, 1.165) is 0 Å². The van der Waals surface area contributed by atoms with E-state index < -0.39 is 82.4 Å². The number of aromatic nitrogens is 3. The minimum atomic E-state index is -5.27. The van der Waals surface area contributed by atoms with Crippen LogP contribution in [0.25, 0.3) is 11.6 Å². The third-order valence-electron chi connectivity index (χ3n) is 7.63. The quantitative estimate of drug-likeness (QED) is 0.356. The van der Waals surface area contributed by atoms with E-state index in [1.165, 1.54) is 25.7 Å². The number of hydrogen-bond acceptors (Lipinski definition) is 9. The summed E-state index contributed by atoms with van der Waals surface area (Å²) in [6, 6.07) is 1.98. The van der Waals surface area contributed by atoms with E-state index in [2.05, 4.69) is 26.6 Å². The molecule has 1 aliphatic heterocycles. The molecule has 2 aromatic rings. The van der Waals surface area contributed by atoms with Crippen molar-refractivity contribution in [3.8, 4) is 17.7 Å². The minimum absolute atomic E-state index is 0.0697. The molecule has 11 nitrogen and oxygen atoms in total. The largest absolute Gasteiger partial charge is 0.444 e. The number of pyridine rings is 1. The number of halogens is 6. The van der Waals surface area contributed by atoms with Crippen LogP contribution >= 0.6 is 0 Å². The molecule has 1 saturated carbocycles. The standard InChI is InChI=1S/C28H32F6N6O5/c1-25(2,3)45-24(42)36-18-13-17(27(29,30)31)19-22(41)40(16-9-7-15(14-35)8-10-16)12-6-4-5-11-26(43,28(32,33)34)23-39-38-21(44-23)20(18)37-19/h13,15-16,43H,4-12H2,1-3H3,(H,36,42)/t15-,16-,26-/m1/s1. The van der Waals surface area contributed by atoms with Gasteiger partial charge in [0, 0.05) is 18.5 Å². The normalized spacial score (nSPS) is 23.6. The summed E-state index contributed by atoms with van der Waals surface area (Å²) in [5.41, 5.74) is -8.81. The van der Waals surface area contributed by atoms with E-state index in [0.29, 0.717) is 31.7 Å². The van der Waals surface area contributed by atoms with E-state index in [-0.39, 0.29) is 31.7 Å². The predicted octanol–water partition coefficient (Wildman–Crippen LogP) is 6.35. The summed E-state index contributed by atoms with van der Waals surface area (Å²) in [7, 11) is 0. The van der Waals surface area contributed by atoms with Crippen LogP contribution in [0.3, 0.4) is 0 Å². The number of rotatable bonds is 2. The number of aliphatic hydroxyl groups is 1. The first-order valence-electron chi connectivity index (χ1n) is 14.3. The predicted molar refractivity (Wildman–Crippen MR) is 143 cm³/mol. The molecule has 2 aliphatic rings. The summed E-state index contributed by atoms with van der Waals surface area (Å²) in [6.07, 6.45) is -11.2. The van der Waals surface area contributed by atoms with Gasteiger partial charge in [-0.1, -0.05) is 6.42 Å². The first-order chi connectivity index (χ1) is 20.8. The van der Waals surface area contributed by atoms with Crippen LogP contribution in [0.2, 0.25) is 0 Å². The highest BCUT2D eigenvalue weighted by Gasteiger charge is 2.58. The molecule has 3 heterocycles. The minimum Gasteiger partial charge on any atom is -0.444 e. The van der Waals surface area contributed by atoms with Crippen LogP contribution in [0.1, 0.15) is 94.1 Å². The number of carbonyl (C=O) groups excluding carboxylic acids is 2. The molecule has 1 fully saturated rings. The highest BCUT2D eigenvalue weighted by molar-refractivity contribution is 5.97. The van der Waals surface area contributed by atoms with Crippen LogP contribution in [0.5, 0.6) is 0 Å². The molecule has 4 rings (SSSR count). The van der Waals surface area contributed by atoms with Gasteiger partial charge in [0.2, 0.25) is 5.60 Å². The lowest BCUT2D eigenvalue weighted by Crippen LogP contribution is -2.44. The monoisotopic (exact) mass is 646 g/mol. The zero-order valence-electron chi connectivity index (χ0n) is 24.7. The third kappa shape index (κ3) is 7.48. The van der Waals surface area contributed by atoms with Crippen LogP contribution < -0.4 is 5.32 Å². The molecule has 0 aromatic carbocycles. The first kappa shape index (κ1) is 33.9. The SMILES string of the molecule is CC(C)(C)OC(=O)Nc1cc(C(F)(F)F)c2nc1-c1nnc(o1)[C@@](O)(C(F)(F)F)CCCCCN([C@H]1CC[C@H](C#N)CC1)C2=O. The van der Waals surface area contributed by atoms with Crippen molar-refractivity contribution in [3.05, 3.63) is 23.2 Å². The second-order valence-electron chi connectivity index (χ2n) is 12.1. The number of amides is 2. The molecule has 0 spiro atoms. The molecule has 2 N–H and O–H groups in total. The van der Waals surface area contributed by atoms with Crippen LogP contribution in [-0.4, -0.2) is 61.6 Å². The van der Waals surface area contributed by atoms with Gasteiger partial charge in [-0.05, 0) is 71.8 Å². The first-order valence-corrected chi connectivity index (χ1v) is 14.3. The Morgan fingerprint density at radius 2 is 1.76 bits per heavy atom. The summed E-state index contributed by atoms with van der Waals surface area (Å²) < 4.78 is 96.1. The summed E-state index contributed by atoms with van der Waals surface area (Å²) in [4.78, 5) is 31.6. The summed E-state index contributed by atoms with van der Waals surface area (Å²) in [6.45, 7) is 4.34. The van der Waals surface area contributed by atoms with E-state index in [9.17, 15) is 46.3 Å². The fourth-order valence-electron chi connectivity index (χ4n) is 5.36. The molecule has 1 aliphatic carbocycles. The molecule has 1 atom stereocenters. The third-order valence-corrected chi connectivity index (χ3v) is 7.63. The van der Waals surface area contributed by atoms with Crippen molar-refractivity contribution in [1.82, 2.24) is 20.1 Å². The van der Waals surface area contributed by atoms with Crippen LogP contribution in [0, 0.1) is 17.2 Å². The topological polar surface area (TPSA) is 154 Å². The van der Waals surface area contributed by atoms with Gasteiger partial charge in [0.25, 0.3) is 17.7 Å². The number of nitrogens with one attached hydrogen (secondary N) is 1. The maximum atomic E-state index is 14.5. The Labute approximate surface area is 253 Å². The number of nitriles is 1. The number of alkyl halides is 6. The Morgan fingerprint density at radius 1 is 1.09 bits per heavy atom. The number of nitrogens with zero attached hydrogens (tertiary/aromatic N) is 5. The fraction of sp³-hybridized carbons (Fsp3) is 0.643. The Bertz CT molecular complexity index is 1460. The van der Waals surface area contributed by atoms with E-state index >= 15 is 0 Å². The number of hydrogen-bond donors (Lipinski definition) is 2. The van der Waals surface area contributed by atoms with Crippen LogP contribution in [-0.2, 0) is 16.5 Å². The molecule has 0 saturated heterocycles. The molecule has 17 heteroatoms. The lowest BCUT2D eigenvalue weighted by molar-refractivity contribution is -0.277. The lowest BCUT2D eigenvalue weighted by atomic mass is 9.86. The number of anilines is 1. The second-order valence-corrected chi connectivity index (χ2v) is 12.1. The van der Waals surface area contributed by atoms with Crippen molar-refractivity contribution < 1.29 is 50.2 Å². The van der Waals surface area contributed by atoms with Crippen LogP contribution in [0.4, 0.5) is 36.8 Å². The van der Waals surface area contributed by atoms with Crippen molar-refractivity contribution in [3.63, 3.8) is 0 Å². The van der Waals surface area contributed by atoms with E-state index in [4.69, 9.17) is 9.15 Å². The Kier molecular flexibility index (Phi) is 9.39. The number of carbonyl (C=O) groups is 2. The molecular formula is C28H32F6N6O5. The van der Waals surface area contributed by atoms with Gasteiger partial charge < -0.3 is 19.2 Å². The summed E-state index contributed by atoms with van der Waals surface area (Å²) >= 11 is 0. The number of ether oxygens (including phenoxy) is 1. The van der Waals surface area contributed by atoms with Crippen molar-refractivity contribution in [2.45, 2.75) is 102 Å². The molecule has 0 unspecified atom stereocenters. The van der Waals surface area contributed by atoms with Crippen molar-refractivity contribution >= 4 is 17.7 Å². The molecule has 4 bridgehead atoms. The maximum Gasteiger partial charge on any atom is 0.426 e. The van der Waals surface area contributed by atoms with E-state index in [1.54, 1.807) is 0 Å². The van der Waals surface area contributed by atoms with Crippen LogP contribution in [0.15, 0.2) is 10.5 Å². The molecule has 45 heavy (non-hydrogen) atoms. The highest BCUT2D eigenvalue weighted by Crippen LogP contribution is 2.44. The average Bonchev–Trinajstić information content (AvgIpc) is 3.42. The molecular weight excluding hydrogens is 614 g/mol. The van der Waals surface area contributed by atoms with Gasteiger partial charge in [0.05, 0.1) is 17.3 Å². The van der Waals surface area contributed by atoms with Gasteiger partial charge >= 0.3 is 18.4 Å². The van der Waals surface area contributed by atoms with E-state index in [1.807, 2.05) is 0 Å². The molecule has 246 valence electrons. The summed E-state index contributed by atoms with van der Waals surface area (Å²) in [5, 5.41) is 28.9. The summed E-state index contributed by atoms with van der Waals surface area (Å²) in [5.74, 6) is -3.55. The van der Waals surface area contributed by atoms with Gasteiger partial charge in [0.1, 0.15) is 11.3 Å².